The summed E-state index contributed by atoms with van der Waals surface area (Å²) in [6.07, 6.45) is 3.91. The van der Waals surface area contributed by atoms with Gasteiger partial charge in [0.15, 0.2) is 0 Å². The summed E-state index contributed by atoms with van der Waals surface area (Å²) in [7, 11) is 0. The summed E-state index contributed by atoms with van der Waals surface area (Å²) in [5, 5.41) is 0. The van der Waals surface area contributed by atoms with Crippen molar-refractivity contribution in [2.24, 2.45) is 0 Å². The van der Waals surface area contributed by atoms with E-state index in [-0.39, 0.29) is 0 Å². The van der Waals surface area contributed by atoms with E-state index in [0.717, 1.165) is 0 Å². The zero-order valence-electron chi connectivity index (χ0n) is 7.89. The summed E-state index contributed by atoms with van der Waals surface area (Å²) in [5.74, 6) is 0. The van der Waals surface area contributed by atoms with Gasteiger partial charge in [-0.3, -0.25) is 0 Å². The number of rotatable bonds is 1. The fourth-order valence-corrected chi connectivity index (χ4v) is 1.27. The molecule has 0 atom stereocenters. The van der Waals surface area contributed by atoms with E-state index in [4.69, 9.17) is 0 Å². The van der Waals surface area contributed by atoms with Crippen molar-refractivity contribution in [3.63, 3.8) is 0 Å². The van der Waals surface area contributed by atoms with Gasteiger partial charge >= 0.3 is 0 Å². The highest BCUT2D eigenvalue weighted by atomic mass is 14.0. The molecule has 0 radical (unpaired) electrons. The van der Waals surface area contributed by atoms with E-state index in [9.17, 15) is 0 Å². The van der Waals surface area contributed by atoms with Gasteiger partial charge in [0.25, 0.3) is 0 Å². The second-order valence-corrected chi connectivity index (χ2v) is 3.02. The molecule has 12 heavy (non-hydrogen) atoms. The van der Waals surface area contributed by atoms with Crippen LogP contribution in [0.15, 0.2) is 30.0 Å². The smallest absolute Gasteiger partial charge is 0.0130 e. The van der Waals surface area contributed by atoms with E-state index < -0.39 is 0 Å². The van der Waals surface area contributed by atoms with E-state index >= 15 is 0 Å². The molecule has 0 fully saturated rings. The first-order valence-electron chi connectivity index (χ1n) is 4.18. The summed E-state index contributed by atoms with van der Waals surface area (Å²) in [6, 6.07) is 6.49. The summed E-state index contributed by atoms with van der Waals surface area (Å²) >= 11 is 0. The Morgan fingerprint density at radius 3 is 2.17 bits per heavy atom. The van der Waals surface area contributed by atoms with Crippen LogP contribution in [-0.2, 0) is 0 Å². The molecule has 0 unspecified atom stereocenters. The maximum atomic E-state index is 3.07. The lowest BCUT2D eigenvalue weighted by Gasteiger charge is -1.97. The topological polar surface area (TPSA) is 0 Å². The molecule has 1 aromatic rings. The first-order chi connectivity index (χ1) is 5.72. The van der Waals surface area contributed by atoms with Crippen molar-refractivity contribution >= 4 is 6.08 Å². The quantitative estimate of drug-likeness (QED) is 0.549. The molecule has 0 nitrogen and oxygen atoms in total. The van der Waals surface area contributed by atoms with Crippen LogP contribution in [0.1, 0.15) is 23.6 Å². The van der Waals surface area contributed by atoms with Gasteiger partial charge in [0, 0.05) is 0 Å². The molecule has 0 aromatic heterocycles. The zero-order chi connectivity index (χ0) is 8.97. The van der Waals surface area contributed by atoms with Gasteiger partial charge < -0.3 is 0 Å². The lowest BCUT2D eigenvalue weighted by Crippen LogP contribution is -1.78. The molecule has 0 saturated heterocycles. The van der Waals surface area contributed by atoms with Crippen molar-refractivity contribution in [3.8, 4) is 0 Å². The van der Waals surface area contributed by atoms with E-state index in [1.165, 1.54) is 16.7 Å². The molecule has 0 bridgehead atoms. The number of hydrogen-bond donors (Lipinski definition) is 0. The Morgan fingerprint density at radius 1 is 1.08 bits per heavy atom. The van der Waals surface area contributed by atoms with Gasteiger partial charge in [0.2, 0.25) is 0 Å². The van der Waals surface area contributed by atoms with Gasteiger partial charge in [0.05, 0.1) is 0 Å². The summed E-state index contributed by atoms with van der Waals surface area (Å²) in [5.41, 5.74) is 6.91. The fraction of sp³-hybridized carbons (Fsp3) is 0.250. The van der Waals surface area contributed by atoms with Crippen LogP contribution in [-0.4, -0.2) is 0 Å². The Hall–Kier alpha value is -1.26. The average Bonchev–Trinajstić information content (AvgIpc) is 1.99. The first kappa shape index (κ1) is 8.83. The van der Waals surface area contributed by atoms with Crippen LogP contribution < -0.4 is 0 Å². The van der Waals surface area contributed by atoms with Crippen molar-refractivity contribution < 1.29 is 0 Å². The predicted octanol–water partition coefficient (Wildman–Crippen LogP) is 3.49. The van der Waals surface area contributed by atoms with Crippen LogP contribution in [0.4, 0.5) is 0 Å². The van der Waals surface area contributed by atoms with Crippen molar-refractivity contribution in [3.05, 3.63) is 46.7 Å². The Morgan fingerprint density at radius 2 is 1.67 bits per heavy atom. The molecule has 0 aliphatic heterocycles. The molecule has 0 heteroatoms. The van der Waals surface area contributed by atoms with Gasteiger partial charge in [-0.15, -0.1) is 5.73 Å². The summed E-state index contributed by atoms with van der Waals surface area (Å²) in [6.45, 7) is 6.19. The molecule has 1 aromatic carbocycles. The third kappa shape index (κ3) is 2.41. The number of aryl methyl sites for hydroxylation is 2. The maximum Gasteiger partial charge on any atom is -0.0130 e. The van der Waals surface area contributed by atoms with Crippen molar-refractivity contribution in [2.45, 2.75) is 20.8 Å². The van der Waals surface area contributed by atoms with Gasteiger partial charge in [-0.2, -0.15) is 0 Å². The minimum atomic E-state index is 1.23. The van der Waals surface area contributed by atoms with Crippen LogP contribution in [0.2, 0.25) is 0 Å². The van der Waals surface area contributed by atoms with E-state index in [1.807, 2.05) is 19.1 Å². The van der Waals surface area contributed by atoms with Crippen LogP contribution in [0.5, 0.6) is 0 Å². The minimum absolute atomic E-state index is 1.23. The molecule has 0 heterocycles. The largest absolute Gasteiger partial charge is 0.125 e. The van der Waals surface area contributed by atoms with E-state index in [1.54, 1.807) is 0 Å². The summed E-state index contributed by atoms with van der Waals surface area (Å²) < 4.78 is 0. The number of allylic oxidation sites excluding steroid dienone is 1. The van der Waals surface area contributed by atoms with Crippen LogP contribution in [0.3, 0.4) is 0 Å². The fourth-order valence-electron chi connectivity index (χ4n) is 1.27. The molecular weight excluding hydrogens is 144 g/mol. The molecule has 62 valence electrons. The second kappa shape index (κ2) is 3.94. The molecule has 0 saturated carbocycles. The third-order valence-electron chi connectivity index (χ3n) is 1.66. The Kier molecular flexibility index (Phi) is 2.90. The average molecular weight is 158 g/mol. The Labute approximate surface area is 74.2 Å². The Balaban J connectivity index is 3.09. The van der Waals surface area contributed by atoms with Gasteiger partial charge in [-0.1, -0.05) is 29.3 Å². The Bertz CT molecular complexity index is 306. The standard InChI is InChI=1S/C12H14/c1-4-5-6-12-8-10(2)7-11(3)9-12/h4,6-9H,1-3H3. The van der Waals surface area contributed by atoms with Crippen LogP contribution in [0, 0.1) is 13.8 Å². The van der Waals surface area contributed by atoms with Crippen molar-refractivity contribution in [1.82, 2.24) is 0 Å². The van der Waals surface area contributed by atoms with Crippen LogP contribution >= 0.6 is 0 Å². The monoisotopic (exact) mass is 158 g/mol. The maximum absolute atomic E-state index is 3.07. The second-order valence-electron chi connectivity index (χ2n) is 3.02. The molecule has 1 rings (SSSR count). The highest BCUT2D eigenvalue weighted by Gasteiger charge is 1.90. The van der Waals surface area contributed by atoms with Gasteiger partial charge in [-0.25, -0.2) is 0 Å². The SMILES string of the molecule is CC=C=Cc1cc(C)cc(C)c1. The molecule has 0 spiro atoms. The highest BCUT2D eigenvalue weighted by molar-refractivity contribution is 5.51. The van der Waals surface area contributed by atoms with Crippen molar-refractivity contribution in [2.75, 3.05) is 0 Å². The lowest BCUT2D eigenvalue weighted by molar-refractivity contribution is 1.37. The van der Waals surface area contributed by atoms with Gasteiger partial charge in [-0.05, 0) is 38.5 Å². The molecule has 0 aliphatic rings. The number of hydrogen-bond acceptors (Lipinski definition) is 0. The predicted molar refractivity (Wildman–Crippen MR) is 54.1 cm³/mol. The first-order valence-corrected chi connectivity index (χ1v) is 4.18. The number of benzene rings is 1. The lowest BCUT2D eigenvalue weighted by atomic mass is 10.1. The van der Waals surface area contributed by atoms with E-state index in [0.29, 0.717) is 0 Å². The third-order valence-corrected chi connectivity index (χ3v) is 1.66. The molecular formula is C12H14. The summed E-state index contributed by atoms with van der Waals surface area (Å²) in [4.78, 5) is 0. The van der Waals surface area contributed by atoms with Gasteiger partial charge in [0.1, 0.15) is 0 Å². The minimum Gasteiger partial charge on any atom is -0.125 e. The molecule has 0 N–H and O–H groups in total. The molecule has 0 amide bonds. The normalized spacial score (nSPS) is 8.92. The molecule has 0 aliphatic carbocycles. The van der Waals surface area contributed by atoms with Crippen LogP contribution in [0.25, 0.3) is 6.08 Å². The zero-order valence-corrected chi connectivity index (χ0v) is 7.89. The highest BCUT2D eigenvalue weighted by Crippen LogP contribution is 2.09. The van der Waals surface area contributed by atoms with E-state index in [2.05, 4.69) is 37.8 Å². The van der Waals surface area contributed by atoms with Crippen molar-refractivity contribution in [1.29, 1.82) is 0 Å².